The molecule has 0 saturated heterocycles. The fraction of sp³-hybridized carbons (Fsp3) is 0.214. The van der Waals surface area contributed by atoms with E-state index in [-0.39, 0.29) is 18.2 Å². The first-order chi connectivity index (χ1) is 9.02. The van der Waals surface area contributed by atoms with Crippen molar-refractivity contribution in [3.63, 3.8) is 0 Å². The smallest absolute Gasteiger partial charge is 0.224 e. The van der Waals surface area contributed by atoms with Crippen LogP contribution in [0.3, 0.4) is 0 Å². The lowest BCUT2D eigenvalue weighted by Gasteiger charge is -2.12. The Labute approximate surface area is 110 Å². The summed E-state index contributed by atoms with van der Waals surface area (Å²) in [7, 11) is 0. The van der Waals surface area contributed by atoms with Crippen molar-refractivity contribution >= 4 is 0 Å². The largest absolute Gasteiger partial charge is 0.435 e. The summed E-state index contributed by atoms with van der Waals surface area (Å²) in [6.45, 7) is 3.87. The predicted octanol–water partition coefficient (Wildman–Crippen LogP) is 3.23. The van der Waals surface area contributed by atoms with Crippen LogP contribution in [0.4, 0.5) is 8.78 Å². The van der Waals surface area contributed by atoms with E-state index in [1.165, 1.54) is 12.1 Å². The van der Waals surface area contributed by atoms with Gasteiger partial charge in [-0.25, -0.2) is 9.37 Å². The normalized spacial score (nSPS) is 10.6. The lowest BCUT2D eigenvalue weighted by Crippen LogP contribution is -2.05. The molecule has 2 rings (SSSR count). The van der Waals surface area contributed by atoms with Crippen LogP contribution in [0.15, 0.2) is 24.3 Å². The van der Waals surface area contributed by atoms with Crippen molar-refractivity contribution in [2.45, 2.75) is 20.4 Å². The molecular weight excluding hydrogens is 250 g/mol. The zero-order valence-electron chi connectivity index (χ0n) is 10.7. The second kappa shape index (κ2) is 5.32. The lowest BCUT2D eigenvalue weighted by molar-refractivity contribution is 0.401. The number of nitrogens with two attached hydrogens (primary N) is 1. The van der Waals surface area contributed by atoms with E-state index in [0.29, 0.717) is 5.56 Å². The summed E-state index contributed by atoms with van der Waals surface area (Å²) in [5.74, 6) is -1.99. The monoisotopic (exact) mass is 264 g/mol. The molecule has 0 amide bonds. The van der Waals surface area contributed by atoms with Crippen LogP contribution < -0.4 is 10.5 Å². The van der Waals surface area contributed by atoms with Gasteiger partial charge in [0.2, 0.25) is 11.7 Å². The highest BCUT2D eigenvalue weighted by molar-refractivity contribution is 5.39. The number of aromatic nitrogens is 1. The maximum atomic E-state index is 13.6. The summed E-state index contributed by atoms with van der Waals surface area (Å²) in [5.41, 5.74) is 7.94. The van der Waals surface area contributed by atoms with E-state index in [9.17, 15) is 8.78 Å². The molecule has 0 atom stereocenters. The van der Waals surface area contributed by atoms with E-state index in [1.54, 1.807) is 6.92 Å². The highest BCUT2D eigenvalue weighted by Crippen LogP contribution is 2.28. The van der Waals surface area contributed by atoms with Gasteiger partial charge >= 0.3 is 0 Å². The number of halogens is 2. The highest BCUT2D eigenvalue weighted by Gasteiger charge is 2.14. The van der Waals surface area contributed by atoms with E-state index in [2.05, 4.69) is 4.98 Å². The van der Waals surface area contributed by atoms with E-state index < -0.39 is 11.6 Å². The van der Waals surface area contributed by atoms with Gasteiger partial charge in [-0.3, -0.25) is 0 Å². The molecule has 0 spiro atoms. The summed E-state index contributed by atoms with van der Waals surface area (Å²) in [5, 5.41) is 0. The molecule has 0 fully saturated rings. The van der Waals surface area contributed by atoms with E-state index in [0.717, 1.165) is 17.3 Å². The standard InChI is InChI=1S/C14H14F2N2O/c1-8-6-9(2)18-14(10(8)7-17)19-12-5-3-4-11(15)13(12)16/h3-6H,7,17H2,1-2H3. The van der Waals surface area contributed by atoms with Crippen molar-refractivity contribution in [3.05, 3.63) is 52.7 Å². The van der Waals surface area contributed by atoms with Crippen LogP contribution in [-0.2, 0) is 6.54 Å². The second-order valence-electron chi connectivity index (χ2n) is 4.22. The lowest BCUT2D eigenvalue weighted by atomic mass is 10.1. The molecule has 0 aliphatic heterocycles. The molecule has 0 radical (unpaired) electrons. The third-order valence-electron chi connectivity index (χ3n) is 2.76. The number of aryl methyl sites for hydroxylation is 2. The van der Waals surface area contributed by atoms with Gasteiger partial charge in [-0.05, 0) is 37.6 Å². The Morgan fingerprint density at radius 2 is 2.00 bits per heavy atom. The van der Waals surface area contributed by atoms with Crippen LogP contribution in [0.2, 0.25) is 0 Å². The molecule has 0 saturated carbocycles. The fourth-order valence-corrected chi connectivity index (χ4v) is 1.83. The van der Waals surface area contributed by atoms with Crippen LogP contribution in [0, 0.1) is 25.5 Å². The first-order valence-electron chi connectivity index (χ1n) is 5.82. The van der Waals surface area contributed by atoms with Crippen LogP contribution in [-0.4, -0.2) is 4.98 Å². The SMILES string of the molecule is Cc1cc(C)c(CN)c(Oc2cccc(F)c2F)n1. The van der Waals surface area contributed by atoms with Crippen LogP contribution >= 0.6 is 0 Å². The Balaban J connectivity index is 2.46. The van der Waals surface area contributed by atoms with Crippen LogP contribution in [0.5, 0.6) is 11.6 Å². The third kappa shape index (κ3) is 2.71. The van der Waals surface area contributed by atoms with Crippen molar-refractivity contribution in [2.24, 2.45) is 5.73 Å². The minimum absolute atomic E-state index is 0.202. The van der Waals surface area contributed by atoms with Gasteiger partial charge in [0.1, 0.15) is 0 Å². The molecule has 0 bridgehead atoms. The first-order valence-corrected chi connectivity index (χ1v) is 5.82. The molecule has 19 heavy (non-hydrogen) atoms. The van der Waals surface area contributed by atoms with Gasteiger partial charge in [-0.2, -0.15) is 4.39 Å². The van der Waals surface area contributed by atoms with Crippen molar-refractivity contribution in [2.75, 3.05) is 0 Å². The number of hydrogen-bond acceptors (Lipinski definition) is 3. The van der Waals surface area contributed by atoms with Gasteiger partial charge < -0.3 is 10.5 Å². The molecular formula is C14H14F2N2O. The van der Waals surface area contributed by atoms with Crippen LogP contribution in [0.25, 0.3) is 0 Å². The van der Waals surface area contributed by atoms with Crippen molar-refractivity contribution in [1.82, 2.24) is 4.98 Å². The average molecular weight is 264 g/mol. The third-order valence-corrected chi connectivity index (χ3v) is 2.76. The fourth-order valence-electron chi connectivity index (χ4n) is 1.83. The van der Waals surface area contributed by atoms with Crippen molar-refractivity contribution in [1.29, 1.82) is 0 Å². The summed E-state index contributed by atoms with van der Waals surface area (Å²) in [6, 6.07) is 5.61. The van der Waals surface area contributed by atoms with Crippen molar-refractivity contribution in [3.8, 4) is 11.6 Å². The summed E-state index contributed by atoms with van der Waals surface area (Å²) >= 11 is 0. The Hall–Kier alpha value is -2.01. The van der Waals surface area contributed by atoms with Crippen LogP contribution in [0.1, 0.15) is 16.8 Å². The minimum Gasteiger partial charge on any atom is -0.435 e. The second-order valence-corrected chi connectivity index (χ2v) is 4.22. The van der Waals surface area contributed by atoms with Crippen molar-refractivity contribution < 1.29 is 13.5 Å². The van der Waals surface area contributed by atoms with Gasteiger partial charge in [0, 0.05) is 17.8 Å². The van der Waals surface area contributed by atoms with Gasteiger partial charge in [0.25, 0.3) is 0 Å². The number of rotatable bonds is 3. The topological polar surface area (TPSA) is 48.1 Å². The molecule has 100 valence electrons. The number of benzene rings is 1. The zero-order chi connectivity index (χ0) is 14.0. The molecule has 1 aromatic heterocycles. The van der Waals surface area contributed by atoms with Gasteiger partial charge in [-0.1, -0.05) is 6.07 Å². The van der Waals surface area contributed by atoms with E-state index in [4.69, 9.17) is 10.5 Å². The Morgan fingerprint density at radius 1 is 1.26 bits per heavy atom. The molecule has 0 unspecified atom stereocenters. The van der Waals surface area contributed by atoms with Gasteiger partial charge in [0.05, 0.1) is 0 Å². The number of hydrogen-bond donors (Lipinski definition) is 1. The summed E-state index contributed by atoms with van der Waals surface area (Å²) in [6.07, 6.45) is 0. The predicted molar refractivity (Wildman–Crippen MR) is 68.0 cm³/mol. The quantitative estimate of drug-likeness (QED) is 0.925. The molecule has 0 aliphatic rings. The number of nitrogens with zero attached hydrogens (tertiary/aromatic N) is 1. The summed E-state index contributed by atoms with van der Waals surface area (Å²) < 4.78 is 32.1. The Morgan fingerprint density at radius 3 is 2.68 bits per heavy atom. The Bertz CT molecular complexity index is 615. The first kappa shape index (κ1) is 13.4. The average Bonchev–Trinajstić information content (AvgIpc) is 2.34. The molecule has 2 N–H and O–H groups in total. The maximum Gasteiger partial charge on any atom is 0.224 e. The Kier molecular flexibility index (Phi) is 3.76. The van der Waals surface area contributed by atoms with Gasteiger partial charge in [0.15, 0.2) is 11.6 Å². The van der Waals surface area contributed by atoms with E-state index in [1.807, 2.05) is 13.0 Å². The van der Waals surface area contributed by atoms with Gasteiger partial charge in [-0.15, -0.1) is 0 Å². The highest BCUT2D eigenvalue weighted by atomic mass is 19.2. The zero-order valence-corrected chi connectivity index (χ0v) is 10.7. The molecule has 2 aromatic rings. The maximum absolute atomic E-state index is 13.6. The molecule has 3 nitrogen and oxygen atoms in total. The summed E-state index contributed by atoms with van der Waals surface area (Å²) in [4.78, 5) is 4.18. The molecule has 0 aliphatic carbocycles. The van der Waals surface area contributed by atoms with E-state index >= 15 is 0 Å². The number of ether oxygens (including phenoxy) is 1. The molecule has 1 heterocycles. The number of pyridine rings is 1. The minimum atomic E-state index is -1.04. The molecule has 1 aromatic carbocycles. The molecule has 5 heteroatoms.